The van der Waals surface area contributed by atoms with Crippen LogP contribution >= 0.6 is 0 Å². The molecule has 1 aromatic rings. The molecule has 1 N–H and O–H groups in total. The number of hydrogen-bond acceptors (Lipinski definition) is 4. The molecule has 132 valence electrons. The van der Waals surface area contributed by atoms with Crippen molar-refractivity contribution < 1.29 is 14.6 Å². The molecule has 3 rings (SSSR count). The second-order valence-corrected chi connectivity index (χ2v) is 7.36. The number of ether oxygens (including phenoxy) is 1. The van der Waals surface area contributed by atoms with Crippen LogP contribution in [0.2, 0.25) is 0 Å². The molecule has 24 heavy (non-hydrogen) atoms. The van der Waals surface area contributed by atoms with Gasteiger partial charge in [-0.25, -0.2) is 0 Å². The summed E-state index contributed by atoms with van der Waals surface area (Å²) in [6.07, 6.45) is 2.68. The number of aliphatic hydroxyl groups is 1. The van der Waals surface area contributed by atoms with Gasteiger partial charge in [-0.05, 0) is 51.4 Å². The molecular formula is C19H28N2O3. The molecule has 1 aliphatic carbocycles. The predicted octanol–water partition coefficient (Wildman–Crippen LogP) is 1.89. The summed E-state index contributed by atoms with van der Waals surface area (Å²) >= 11 is 0. The van der Waals surface area contributed by atoms with E-state index in [0.29, 0.717) is 13.0 Å². The van der Waals surface area contributed by atoms with Crippen molar-refractivity contribution in [2.75, 3.05) is 27.7 Å². The normalized spacial score (nSPS) is 29.8. The number of amides is 1. The fourth-order valence-corrected chi connectivity index (χ4v) is 4.28. The Balaban J connectivity index is 1.88. The van der Waals surface area contributed by atoms with Crippen LogP contribution in [-0.4, -0.2) is 66.3 Å². The lowest BCUT2D eigenvalue weighted by molar-refractivity contribution is -0.0824. The Labute approximate surface area is 144 Å². The van der Waals surface area contributed by atoms with Crippen molar-refractivity contribution in [2.24, 2.45) is 0 Å². The van der Waals surface area contributed by atoms with Gasteiger partial charge in [0.1, 0.15) is 0 Å². The minimum Gasteiger partial charge on any atom is -0.393 e. The van der Waals surface area contributed by atoms with Crippen LogP contribution in [0.4, 0.5) is 0 Å². The Morgan fingerprint density at radius 2 is 2.12 bits per heavy atom. The monoisotopic (exact) mass is 332 g/mol. The summed E-state index contributed by atoms with van der Waals surface area (Å²) in [5.41, 5.74) is 1.52. The maximum atomic E-state index is 13.2. The Morgan fingerprint density at radius 1 is 1.38 bits per heavy atom. The molecule has 1 heterocycles. The zero-order valence-corrected chi connectivity index (χ0v) is 14.9. The fraction of sp³-hybridized carbons (Fsp3) is 0.632. The minimum atomic E-state index is -0.344. The van der Waals surface area contributed by atoms with E-state index >= 15 is 0 Å². The molecule has 0 spiro atoms. The molecule has 3 atom stereocenters. The van der Waals surface area contributed by atoms with Crippen molar-refractivity contribution in [3.05, 3.63) is 35.4 Å². The van der Waals surface area contributed by atoms with Gasteiger partial charge in [0.05, 0.1) is 17.7 Å². The van der Waals surface area contributed by atoms with E-state index < -0.39 is 0 Å². The molecule has 1 amide bonds. The van der Waals surface area contributed by atoms with E-state index in [1.807, 2.05) is 43.3 Å². The van der Waals surface area contributed by atoms with Crippen LogP contribution in [0.3, 0.4) is 0 Å². The van der Waals surface area contributed by atoms with Gasteiger partial charge in [-0.15, -0.1) is 0 Å². The molecule has 0 radical (unpaired) electrons. The van der Waals surface area contributed by atoms with Crippen molar-refractivity contribution in [1.82, 2.24) is 9.80 Å². The van der Waals surface area contributed by atoms with Crippen molar-refractivity contribution >= 4 is 5.91 Å². The number of likely N-dealkylation sites (tertiary alicyclic amines) is 1. The fourth-order valence-electron chi connectivity index (χ4n) is 4.28. The van der Waals surface area contributed by atoms with Gasteiger partial charge in [0.25, 0.3) is 5.91 Å². The molecular weight excluding hydrogens is 304 g/mol. The predicted molar refractivity (Wildman–Crippen MR) is 92.9 cm³/mol. The summed E-state index contributed by atoms with van der Waals surface area (Å²) in [6, 6.07) is 7.78. The van der Waals surface area contributed by atoms with Crippen LogP contribution in [0.15, 0.2) is 24.3 Å². The Morgan fingerprint density at radius 3 is 2.83 bits per heavy atom. The smallest absolute Gasteiger partial charge is 0.254 e. The van der Waals surface area contributed by atoms with Gasteiger partial charge < -0.3 is 19.6 Å². The second-order valence-electron chi connectivity index (χ2n) is 7.36. The quantitative estimate of drug-likeness (QED) is 0.915. The lowest BCUT2D eigenvalue weighted by Gasteiger charge is -2.42. The van der Waals surface area contributed by atoms with E-state index in [1.54, 1.807) is 7.11 Å². The highest BCUT2D eigenvalue weighted by Crippen LogP contribution is 2.43. The molecule has 1 saturated heterocycles. The third kappa shape index (κ3) is 3.08. The third-order valence-corrected chi connectivity index (χ3v) is 5.56. The minimum absolute atomic E-state index is 0.0360. The third-order valence-electron chi connectivity index (χ3n) is 5.56. The molecule has 1 aliphatic heterocycles. The van der Waals surface area contributed by atoms with Crippen molar-refractivity contribution in [2.45, 2.75) is 50.0 Å². The first-order chi connectivity index (χ1) is 11.5. The highest BCUT2D eigenvalue weighted by atomic mass is 16.5. The molecule has 0 unspecified atom stereocenters. The molecule has 5 heteroatoms. The SMILES string of the molecule is CO[C@@]12CC[C@@H](O)C[C@@H]1N(C(=O)c1ccccc1CN(C)C)CC2. The lowest BCUT2D eigenvalue weighted by atomic mass is 9.79. The molecule has 5 nitrogen and oxygen atoms in total. The first-order valence-electron chi connectivity index (χ1n) is 8.73. The number of carbonyl (C=O) groups is 1. The molecule has 1 aromatic carbocycles. The Hall–Kier alpha value is -1.43. The van der Waals surface area contributed by atoms with E-state index in [1.165, 1.54) is 0 Å². The van der Waals surface area contributed by atoms with Gasteiger partial charge in [0, 0.05) is 25.8 Å². The summed E-state index contributed by atoms with van der Waals surface area (Å²) in [5, 5.41) is 10.1. The standard InChI is InChI=1S/C19H28N2O3/c1-20(2)13-14-6-4-5-7-16(14)18(23)21-11-10-19(24-3)9-8-15(22)12-17(19)21/h4-7,15,17,22H,8-13H2,1-3H3/t15-,17+,19-/m1/s1. The summed E-state index contributed by atoms with van der Waals surface area (Å²) in [6.45, 7) is 1.43. The first-order valence-corrected chi connectivity index (χ1v) is 8.73. The van der Waals surface area contributed by atoms with Gasteiger partial charge in [-0.3, -0.25) is 4.79 Å². The summed E-state index contributed by atoms with van der Waals surface area (Å²) in [4.78, 5) is 17.2. The van der Waals surface area contributed by atoms with Crippen LogP contribution in [0, 0.1) is 0 Å². The van der Waals surface area contributed by atoms with Gasteiger partial charge in [-0.2, -0.15) is 0 Å². The lowest BCUT2D eigenvalue weighted by Crippen LogP contribution is -2.52. The highest BCUT2D eigenvalue weighted by Gasteiger charge is 2.52. The van der Waals surface area contributed by atoms with Gasteiger partial charge in [0.2, 0.25) is 0 Å². The van der Waals surface area contributed by atoms with Gasteiger partial charge in [-0.1, -0.05) is 18.2 Å². The average molecular weight is 332 g/mol. The van der Waals surface area contributed by atoms with E-state index in [0.717, 1.165) is 36.9 Å². The number of rotatable bonds is 4. The summed E-state index contributed by atoms with van der Waals surface area (Å²) in [7, 11) is 5.74. The summed E-state index contributed by atoms with van der Waals surface area (Å²) < 4.78 is 5.85. The second kappa shape index (κ2) is 6.82. The van der Waals surface area contributed by atoms with E-state index in [-0.39, 0.29) is 23.7 Å². The number of carbonyl (C=O) groups excluding carboxylic acids is 1. The first kappa shape index (κ1) is 17.4. The van der Waals surface area contributed by atoms with Crippen molar-refractivity contribution in [3.63, 3.8) is 0 Å². The largest absolute Gasteiger partial charge is 0.393 e. The molecule has 0 bridgehead atoms. The van der Waals surface area contributed by atoms with Crippen LogP contribution in [-0.2, 0) is 11.3 Å². The number of methoxy groups -OCH3 is 1. The number of aliphatic hydroxyl groups excluding tert-OH is 1. The van der Waals surface area contributed by atoms with E-state index in [9.17, 15) is 9.90 Å². The van der Waals surface area contributed by atoms with E-state index in [2.05, 4.69) is 4.90 Å². The Kier molecular flexibility index (Phi) is 4.95. The number of benzene rings is 1. The summed E-state index contributed by atoms with van der Waals surface area (Å²) in [5.74, 6) is 0.0606. The van der Waals surface area contributed by atoms with Crippen LogP contribution in [0.25, 0.3) is 0 Å². The molecule has 0 aromatic heterocycles. The zero-order chi connectivity index (χ0) is 17.3. The Bertz CT molecular complexity index is 604. The number of hydrogen-bond donors (Lipinski definition) is 1. The van der Waals surface area contributed by atoms with Crippen molar-refractivity contribution in [1.29, 1.82) is 0 Å². The van der Waals surface area contributed by atoms with E-state index in [4.69, 9.17) is 4.74 Å². The number of fused-ring (bicyclic) bond motifs is 1. The topological polar surface area (TPSA) is 53.0 Å². The van der Waals surface area contributed by atoms with Crippen LogP contribution in [0.1, 0.15) is 41.6 Å². The van der Waals surface area contributed by atoms with Crippen LogP contribution < -0.4 is 0 Å². The number of nitrogens with zero attached hydrogens (tertiary/aromatic N) is 2. The maximum absolute atomic E-state index is 13.2. The van der Waals surface area contributed by atoms with Crippen LogP contribution in [0.5, 0.6) is 0 Å². The highest BCUT2D eigenvalue weighted by molar-refractivity contribution is 5.96. The average Bonchev–Trinajstić information content (AvgIpc) is 2.93. The zero-order valence-electron chi connectivity index (χ0n) is 14.9. The van der Waals surface area contributed by atoms with Crippen molar-refractivity contribution in [3.8, 4) is 0 Å². The van der Waals surface area contributed by atoms with Gasteiger partial charge in [0.15, 0.2) is 0 Å². The molecule has 1 saturated carbocycles. The molecule has 2 fully saturated rings. The molecule has 2 aliphatic rings. The maximum Gasteiger partial charge on any atom is 0.254 e. The van der Waals surface area contributed by atoms with Gasteiger partial charge >= 0.3 is 0 Å².